The summed E-state index contributed by atoms with van der Waals surface area (Å²) >= 11 is 0. The number of nitrogens with one attached hydrogen (secondary N) is 1. The fourth-order valence-electron chi connectivity index (χ4n) is 3.29. The number of phosphoric ester groups is 1. The average Bonchev–Trinajstić information content (AvgIpc) is 3.17. The summed E-state index contributed by atoms with van der Waals surface area (Å²) in [7, 11) is -16.6. The van der Waals surface area contributed by atoms with Gasteiger partial charge in [-0.05, 0) is 6.92 Å². The topological polar surface area (TPSA) is 268 Å². The Morgan fingerprint density at radius 2 is 1.88 bits per heavy atom. The zero-order valence-electron chi connectivity index (χ0n) is 16.8. The van der Waals surface area contributed by atoms with Crippen molar-refractivity contribution in [2.75, 3.05) is 35.4 Å². The Balaban J connectivity index is 1.66. The van der Waals surface area contributed by atoms with Crippen molar-refractivity contribution < 1.29 is 56.3 Å². The molecular weight excluding hydrogens is 515 g/mol. The largest absolute Gasteiger partial charge is 0.490 e. The highest BCUT2D eigenvalue weighted by Gasteiger charge is 2.45. The summed E-state index contributed by atoms with van der Waals surface area (Å²) in [6.07, 6.45) is -3.34. The fraction of sp³-hybridized carbons (Fsp3) is 0.667. The number of anilines is 3. The van der Waals surface area contributed by atoms with Crippen molar-refractivity contribution in [2.24, 2.45) is 0 Å². The van der Waals surface area contributed by atoms with E-state index in [4.69, 9.17) is 20.3 Å². The first-order valence-corrected chi connectivity index (χ1v) is 13.7. The van der Waals surface area contributed by atoms with Crippen LogP contribution in [0.3, 0.4) is 0 Å². The Kier molecular flexibility index (Phi) is 7.42. The minimum Gasteiger partial charge on any atom is -0.390 e. The third kappa shape index (κ3) is 6.39. The molecule has 0 radical (unpaired) electrons. The Morgan fingerprint density at radius 1 is 1.21 bits per heavy atom. The van der Waals surface area contributed by atoms with Crippen LogP contribution in [0, 0.1) is 0 Å². The molecule has 3 heterocycles. The highest BCUT2D eigenvalue weighted by molar-refractivity contribution is 7.66. The van der Waals surface area contributed by atoms with E-state index in [0.717, 1.165) is 0 Å². The molecule has 18 nitrogen and oxygen atoms in total. The van der Waals surface area contributed by atoms with Gasteiger partial charge in [-0.15, -0.1) is 0 Å². The predicted molar refractivity (Wildman–Crippen MR) is 109 cm³/mol. The quantitative estimate of drug-likeness (QED) is 0.182. The molecule has 1 fully saturated rings. The van der Waals surface area contributed by atoms with Gasteiger partial charge in [0.2, 0.25) is 5.95 Å². The molecule has 21 heteroatoms. The summed E-state index contributed by atoms with van der Waals surface area (Å²) in [5, 5.41) is 10.3. The Bertz CT molecular complexity index is 1090. The van der Waals surface area contributed by atoms with Crippen LogP contribution in [-0.2, 0) is 31.6 Å². The molecule has 2 unspecified atom stereocenters. The number of nitrogens with zero attached hydrogens (tertiary/aromatic N) is 3. The molecule has 3 rings (SSSR count). The summed E-state index contributed by atoms with van der Waals surface area (Å²) in [5.41, 5.74) is 5.40. The maximum absolute atomic E-state index is 12.3. The first-order valence-electron chi connectivity index (χ1n) is 9.14. The van der Waals surface area contributed by atoms with Crippen LogP contribution in [0.1, 0.15) is 13.3 Å². The number of aliphatic hydroxyl groups excluding tert-OH is 1. The normalized spacial score (nSPS) is 26.8. The molecular formula is C12H22N5O13P3. The molecule has 1 aromatic heterocycles. The number of aromatic amines is 1. The number of nitrogens with two attached hydrogens (primary N) is 1. The number of hydrogen-bond acceptors (Lipinski definition) is 13. The van der Waals surface area contributed by atoms with E-state index < -0.39 is 54.1 Å². The molecule has 188 valence electrons. The summed E-state index contributed by atoms with van der Waals surface area (Å²) in [6.45, 7) is 1.61. The van der Waals surface area contributed by atoms with Gasteiger partial charge in [-0.3, -0.25) is 14.3 Å². The van der Waals surface area contributed by atoms with E-state index in [1.165, 1.54) is 0 Å². The highest BCUT2D eigenvalue weighted by atomic mass is 31.3. The van der Waals surface area contributed by atoms with Gasteiger partial charge < -0.3 is 45.0 Å². The average molecular weight is 537 g/mol. The number of rotatable bonds is 9. The SMILES string of the molecule is CCN1CN([C@H]2C[C@H](O)[C@@H](COP(=O)(O)OP(=O)(O)OP(=O)(O)O)O2)c2nc(N)[nH]c(=O)c21. The molecule has 8 N–H and O–H groups in total. The van der Waals surface area contributed by atoms with Gasteiger partial charge in [0.1, 0.15) is 18.0 Å². The third-order valence-corrected chi connectivity index (χ3v) is 8.36. The summed E-state index contributed by atoms with van der Waals surface area (Å²) in [6, 6.07) is 0. The van der Waals surface area contributed by atoms with Crippen LogP contribution >= 0.6 is 23.5 Å². The third-order valence-electron chi connectivity index (χ3n) is 4.56. The van der Waals surface area contributed by atoms with Gasteiger partial charge in [-0.25, -0.2) is 13.7 Å². The smallest absolute Gasteiger partial charge is 0.390 e. The summed E-state index contributed by atoms with van der Waals surface area (Å²) in [5.74, 6) is 0.0771. The molecule has 0 saturated carbocycles. The van der Waals surface area contributed by atoms with Gasteiger partial charge in [0, 0.05) is 13.0 Å². The number of aliphatic hydroxyl groups is 1. The Labute approximate surface area is 185 Å². The number of H-pyrrole nitrogens is 1. The second-order valence-corrected chi connectivity index (χ2v) is 11.3. The number of fused-ring (bicyclic) bond motifs is 1. The molecule has 0 aromatic carbocycles. The van der Waals surface area contributed by atoms with Gasteiger partial charge in [-0.2, -0.15) is 13.6 Å². The van der Waals surface area contributed by atoms with Crippen LogP contribution in [0.25, 0.3) is 0 Å². The van der Waals surface area contributed by atoms with Crippen LogP contribution in [0.4, 0.5) is 17.5 Å². The lowest BCUT2D eigenvalue weighted by Crippen LogP contribution is -2.39. The number of hydrogen-bond donors (Lipinski definition) is 7. The molecule has 1 saturated heterocycles. The van der Waals surface area contributed by atoms with E-state index >= 15 is 0 Å². The van der Waals surface area contributed by atoms with E-state index in [1.54, 1.807) is 16.7 Å². The summed E-state index contributed by atoms with van der Waals surface area (Å²) in [4.78, 5) is 57.8. The number of nitrogen functional groups attached to an aromatic ring is 1. The fourth-order valence-corrected chi connectivity index (χ4v) is 6.32. The first-order chi connectivity index (χ1) is 15.1. The van der Waals surface area contributed by atoms with Gasteiger partial charge in [0.05, 0.1) is 19.4 Å². The number of ether oxygens (including phenoxy) is 1. The van der Waals surface area contributed by atoms with E-state index in [-0.39, 0.29) is 30.5 Å². The minimum atomic E-state index is -5.67. The van der Waals surface area contributed by atoms with Crippen molar-refractivity contribution >= 4 is 40.9 Å². The lowest BCUT2D eigenvalue weighted by Gasteiger charge is -2.26. The van der Waals surface area contributed by atoms with E-state index in [9.17, 15) is 33.4 Å². The van der Waals surface area contributed by atoms with Gasteiger partial charge in [0.15, 0.2) is 5.82 Å². The Morgan fingerprint density at radius 3 is 2.48 bits per heavy atom. The second-order valence-electron chi connectivity index (χ2n) is 6.91. The zero-order valence-corrected chi connectivity index (χ0v) is 19.5. The van der Waals surface area contributed by atoms with Crippen LogP contribution in [-0.4, -0.2) is 72.9 Å². The lowest BCUT2D eigenvalue weighted by atomic mass is 10.2. The first kappa shape index (κ1) is 26.2. The van der Waals surface area contributed by atoms with Gasteiger partial charge in [0.25, 0.3) is 5.56 Å². The van der Waals surface area contributed by atoms with E-state index in [2.05, 4.69) is 23.1 Å². The zero-order chi connectivity index (χ0) is 24.8. The molecule has 5 atom stereocenters. The van der Waals surface area contributed by atoms with Crippen LogP contribution < -0.4 is 21.1 Å². The van der Waals surface area contributed by atoms with Crippen molar-refractivity contribution in [1.82, 2.24) is 9.97 Å². The molecule has 0 aliphatic carbocycles. The molecule has 0 bridgehead atoms. The van der Waals surface area contributed by atoms with Crippen molar-refractivity contribution in [2.45, 2.75) is 31.8 Å². The van der Waals surface area contributed by atoms with Crippen LogP contribution in [0.5, 0.6) is 0 Å². The Hall–Kier alpha value is -1.39. The molecule has 33 heavy (non-hydrogen) atoms. The van der Waals surface area contributed by atoms with E-state index in [0.29, 0.717) is 6.54 Å². The molecule has 2 aliphatic heterocycles. The molecule has 1 aromatic rings. The van der Waals surface area contributed by atoms with Gasteiger partial charge >= 0.3 is 23.5 Å². The van der Waals surface area contributed by atoms with Crippen molar-refractivity contribution in [3.8, 4) is 0 Å². The molecule has 0 amide bonds. The molecule has 0 spiro atoms. The van der Waals surface area contributed by atoms with Crippen molar-refractivity contribution in [3.63, 3.8) is 0 Å². The van der Waals surface area contributed by atoms with Crippen LogP contribution in [0.2, 0.25) is 0 Å². The highest BCUT2D eigenvalue weighted by Crippen LogP contribution is 2.66. The van der Waals surface area contributed by atoms with Crippen molar-refractivity contribution in [1.29, 1.82) is 0 Å². The minimum absolute atomic E-state index is 0.0319. The monoisotopic (exact) mass is 537 g/mol. The standard InChI is InChI=1S/C12H22N5O13P3/c1-2-16-5-17(10-9(16)11(19)15-12(13)14-10)8-3-6(18)7(28-8)4-27-32(23,24)30-33(25,26)29-31(20,21)22/h6-8,18H,2-5H2,1H3,(H,23,24)(H,25,26)(H2,20,21,22)(H3,13,14,15,19)/t6-,7+,8+/m0/s1. The summed E-state index contributed by atoms with van der Waals surface area (Å²) < 4.78 is 51.3. The van der Waals surface area contributed by atoms with E-state index in [1.807, 2.05) is 0 Å². The number of phosphoric acid groups is 3. The lowest BCUT2D eigenvalue weighted by molar-refractivity contribution is -0.0215. The van der Waals surface area contributed by atoms with Gasteiger partial charge in [-0.1, -0.05) is 0 Å². The predicted octanol–water partition coefficient (Wildman–Crippen LogP) is -1.22. The second kappa shape index (κ2) is 9.34. The van der Waals surface area contributed by atoms with Crippen molar-refractivity contribution in [3.05, 3.63) is 10.4 Å². The maximum Gasteiger partial charge on any atom is 0.490 e. The number of aromatic nitrogens is 2. The maximum atomic E-state index is 12.3. The van der Waals surface area contributed by atoms with Crippen LogP contribution in [0.15, 0.2) is 4.79 Å². The molecule has 2 aliphatic rings.